The number of nitrogens with one attached hydrogen (secondary N) is 2. The Bertz CT molecular complexity index is 272. The van der Waals surface area contributed by atoms with Crippen LogP contribution < -0.4 is 10.6 Å². The van der Waals surface area contributed by atoms with Crippen LogP contribution in [0.5, 0.6) is 0 Å². The lowest BCUT2D eigenvalue weighted by Crippen LogP contribution is -2.39. The van der Waals surface area contributed by atoms with Gasteiger partial charge in [-0.25, -0.2) is 4.79 Å². The monoisotopic (exact) mass is 212 g/mol. The Labute approximate surface area is 88.5 Å². The number of carbonyl (C=O) groups is 1. The zero-order valence-corrected chi connectivity index (χ0v) is 9.36. The van der Waals surface area contributed by atoms with Crippen molar-refractivity contribution in [2.24, 2.45) is 0 Å². The van der Waals surface area contributed by atoms with Crippen LogP contribution in [0.15, 0.2) is 17.5 Å². The van der Waals surface area contributed by atoms with Crippen molar-refractivity contribution in [1.82, 2.24) is 10.6 Å². The van der Waals surface area contributed by atoms with Crippen LogP contribution in [0.1, 0.15) is 25.1 Å². The third kappa shape index (κ3) is 3.79. The summed E-state index contributed by atoms with van der Waals surface area (Å²) < 4.78 is 0. The maximum atomic E-state index is 11.3. The van der Waals surface area contributed by atoms with Crippen molar-refractivity contribution in [2.75, 3.05) is 0 Å². The van der Waals surface area contributed by atoms with E-state index in [1.165, 1.54) is 4.88 Å². The van der Waals surface area contributed by atoms with Gasteiger partial charge in [0.1, 0.15) is 0 Å². The number of rotatable bonds is 4. The van der Waals surface area contributed by atoms with E-state index in [0.717, 1.165) is 6.42 Å². The second-order valence-electron chi connectivity index (χ2n) is 3.22. The normalized spacial score (nSPS) is 12.1. The summed E-state index contributed by atoms with van der Waals surface area (Å²) in [6.07, 6.45) is 0.951. The topological polar surface area (TPSA) is 41.1 Å². The molecule has 2 amide bonds. The lowest BCUT2D eigenvalue weighted by atomic mass is 10.3. The van der Waals surface area contributed by atoms with E-state index in [9.17, 15) is 4.79 Å². The number of thiophene rings is 1. The maximum Gasteiger partial charge on any atom is 0.315 e. The average Bonchev–Trinajstić information content (AvgIpc) is 2.67. The Morgan fingerprint density at radius 1 is 1.64 bits per heavy atom. The standard InChI is InChI=1S/C10H16N2OS/c1-3-8(2)12-10(13)11-7-9-5-4-6-14-9/h4-6,8H,3,7H2,1-2H3,(H2,11,12,13)/t8-/m0/s1. The molecule has 1 aromatic rings. The zero-order chi connectivity index (χ0) is 10.4. The molecular formula is C10H16N2OS. The molecule has 0 aromatic carbocycles. The van der Waals surface area contributed by atoms with Crippen LogP contribution in [0.4, 0.5) is 4.79 Å². The van der Waals surface area contributed by atoms with Gasteiger partial charge in [-0.3, -0.25) is 0 Å². The van der Waals surface area contributed by atoms with Crippen LogP contribution in [0.2, 0.25) is 0 Å². The van der Waals surface area contributed by atoms with Crippen molar-refractivity contribution in [2.45, 2.75) is 32.9 Å². The molecular weight excluding hydrogens is 196 g/mol. The molecule has 78 valence electrons. The van der Waals surface area contributed by atoms with E-state index in [4.69, 9.17) is 0 Å². The molecule has 0 aliphatic heterocycles. The van der Waals surface area contributed by atoms with Crippen LogP contribution in [-0.4, -0.2) is 12.1 Å². The van der Waals surface area contributed by atoms with Gasteiger partial charge in [0.25, 0.3) is 0 Å². The molecule has 1 aromatic heterocycles. The summed E-state index contributed by atoms with van der Waals surface area (Å²) in [5, 5.41) is 7.66. The van der Waals surface area contributed by atoms with E-state index >= 15 is 0 Å². The third-order valence-electron chi connectivity index (χ3n) is 1.99. The van der Waals surface area contributed by atoms with Gasteiger partial charge in [-0.15, -0.1) is 11.3 Å². The number of hydrogen-bond donors (Lipinski definition) is 2. The molecule has 1 heterocycles. The van der Waals surface area contributed by atoms with Crippen molar-refractivity contribution in [3.05, 3.63) is 22.4 Å². The Kier molecular flexibility index (Phi) is 4.46. The van der Waals surface area contributed by atoms with Crippen LogP contribution in [0.3, 0.4) is 0 Å². The van der Waals surface area contributed by atoms with Crippen LogP contribution >= 0.6 is 11.3 Å². The predicted molar refractivity (Wildman–Crippen MR) is 59.4 cm³/mol. The van der Waals surface area contributed by atoms with E-state index in [2.05, 4.69) is 10.6 Å². The first-order valence-corrected chi connectivity index (χ1v) is 5.67. The summed E-state index contributed by atoms with van der Waals surface area (Å²) in [7, 11) is 0. The molecule has 0 spiro atoms. The number of amides is 2. The van der Waals surface area contributed by atoms with Crippen molar-refractivity contribution >= 4 is 17.4 Å². The smallest absolute Gasteiger partial charge is 0.315 e. The molecule has 14 heavy (non-hydrogen) atoms. The van der Waals surface area contributed by atoms with Gasteiger partial charge in [0.05, 0.1) is 6.54 Å². The highest BCUT2D eigenvalue weighted by Gasteiger charge is 2.04. The number of hydrogen-bond acceptors (Lipinski definition) is 2. The minimum absolute atomic E-state index is 0.0900. The highest BCUT2D eigenvalue weighted by Crippen LogP contribution is 2.07. The first-order chi connectivity index (χ1) is 6.72. The molecule has 1 atom stereocenters. The van der Waals surface area contributed by atoms with Gasteiger partial charge in [-0.05, 0) is 24.8 Å². The fraction of sp³-hybridized carbons (Fsp3) is 0.500. The van der Waals surface area contributed by atoms with E-state index in [-0.39, 0.29) is 12.1 Å². The summed E-state index contributed by atoms with van der Waals surface area (Å²) in [5.74, 6) is 0. The minimum atomic E-state index is -0.0900. The molecule has 3 nitrogen and oxygen atoms in total. The van der Waals surface area contributed by atoms with Crippen molar-refractivity contribution < 1.29 is 4.79 Å². The van der Waals surface area contributed by atoms with Gasteiger partial charge in [-0.2, -0.15) is 0 Å². The van der Waals surface area contributed by atoms with Crippen LogP contribution in [0.25, 0.3) is 0 Å². The Morgan fingerprint density at radius 3 is 3.00 bits per heavy atom. The van der Waals surface area contributed by atoms with E-state index in [1.807, 2.05) is 31.4 Å². The molecule has 4 heteroatoms. The quantitative estimate of drug-likeness (QED) is 0.790. The highest BCUT2D eigenvalue weighted by molar-refractivity contribution is 7.09. The molecule has 0 unspecified atom stereocenters. The molecule has 0 bridgehead atoms. The van der Waals surface area contributed by atoms with Gasteiger partial charge in [0.15, 0.2) is 0 Å². The predicted octanol–water partition coefficient (Wildman–Crippen LogP) is 2.35. The van der Waals surface area contributed by atoms with Crippen LogP contribution in [-0.2, 0) is 6.54 Å². The maximum absolute atomic E-state index is 11.3. The molecule has 2 N–H and O–H groups in total. The summed E-state index contributed by atoms with van der Waals surface area (Å²) >= 11 is 1.65. The number of urea groups is 1. The van der Waals surface area contributed by atoms with Crippen molar-refractivity contribution in [1.29, 1.82) is 0 Å². The highest BCUT2D eigenvalue weighted by atomic mass is 32.1. The second-order valence-corrected chi connectivity index (χ2v) is 4.25. The first kappa shape index (κ1) is 11.0. The fourth-order valence-electron chi connectivity index (χ4n) is 0.957. The van der Waals surface area contributed by atoms with E-state index in [0.29, 0.717) is 6.54 Å². The second kappa shape index (κ2) is 5.65. The van der Waals surface area contributed by atoms with E-state index in [1.54, 1.807) is 11.3 Å². The molecule has 0 saturated carbocycles. The summed E-state index contributed by atoms with van der Waals surface area (Å²) in [6, 6.07) is 4.13. The molecule has 0 aliphatic carbocycles. The van der Waals surface area contributed by atoms with Gasteiger partial charge in [0.2, 0.25) is 0 Å². The van der Waals surface area contributed by atoms with E-state index < -0.39 is 0 Å². The summed E-state index contributed by atoms with van der Waals surface area (Å²) in [6.45, 7) is 4.65. The Morgan fingerprint density at radius 2 is 2.43 bits per heavy atom. The average molecular weight is 212 g/mol. The van der Waals surface area contributed by atoms with Gasteiger partial charge >= 0.3 is 6.03 Å². The summed E-state index contributed by atoms with van der Waals surface area (Å²) in [4.78, 5) is 12.5. The lowest BCUT2D eigenvalue weighted by molar-refractivity contribution is 0.237. The first-order valence-electron chi connectivity index (χ1n) is 4.79. The van der Waals surface area contributed by atoms with Gasteiger partial charge in [0, 0.05) is 10.9 Å². The largest absolute Gasteiger partial charge is 0.336 e. The zero-order valence-electron chi connectivity index (χ0n) is 8.54. The van der Waals surface area contributed by atoms with Crippen LogP contribution in [0, 0.1) is 0 Å². The minimum Gasteiger partial charge on any atom is -0.336 e. The molecule has 1 rings (SSSR count). The van der Waals surface area contributed by atoms with Crippen molar-refractivity contribution in [3.8, 4) is 0 Å². The molecule has 0 saturated heterocycles. The third-order valence-corrected chi connectivity index (χ3v) is 2.87. The fourth-order valence-corrected chi connectivity index (χ4v) is 1.60. The Hall–Kier alpha value is -1.03. The molecule has 0 fully saturated rings. The van der Waals surface area contributed by atoms with Crippen molar-refractivity contribution in [3.63, 3.8) is 0 Å². The van der Waals surface area contributed by atoms with Gasteiger partial charge in [-0.1, -0.05) is 13.0 Å². The lowest BCUT2D eigenvalue weighted by Gasteiger charge is -2.11. The molecule has 0 radical (unpaired) electrons. The SMILES string of the molecule is CC[C@H](C)NC(=O)NCc1cccs1. The number of carbonyl (C=O) groups excluding carboxylic acids is 1. The Balaban J connectivity index is 2.22. The molecule has 0 aliphatic rings. The van der Waals surface area contributed by atoms with Gasteiger partial charge < -0.3 is 10.6 Å². The summed E-state index contributed by atoms with van der Waals surface area (Å²) in [5.41, 5.74) is 0.